The van der Waals surface area contributed by atoms with E-state index >= 15 is 4.39 Å². The average Bonchev–Trinajstić information content (AvgIpc) is 3.11. The highest BCUT2D eigenvalue weighted by Crippen LogP contribution is 2.52. The molecule has 244 valence electrons. The van der Waals surface area contributed by atoms with Gasteiger partial charge in [-0.25, -0.2) is 9.18 Å². The SMILES string of the molecule is CCCCCC1OC(=O)c2c3c(c4ccccc4c2O1)OC(c1ccc(OC)c(OC)c1)(c1ccc(N2CCOCC2)cc1F)C=C3. The van der Waals surface area contributed by atoms with Crippen molar-refractivity contribution in [1.82, 2.24) is 0 Å². The molecule has 2 atom stereocenters. The zero-order valence-corrected chi connectivity index (χ0v) is 26.8. The van der Waals surface area contributed by atoms with E-state index in [1.807, 2.05) is 42.5 Å². The molecule has 0 aliphatic carbocycles. The topological polar surface area (TPSA) is 75.7 Å². The zero-order valence-electron chi connectivity index (χ0n) is 26.8. The number of benzene rings is 4. The maximum absolute atomic E-state index is 16.5. The van der Waals surface area contributed by atoms with Crippen LogP contribution in [0.5, 0.6) is 23.0 Å². The third-order valence-corrected chi connectivity index (χ3v) is 9.18. The number of ether oxygens (including phenoxy) is 6. The maximum Gasteiger partial charge on any atom is 0.345 e. The quantitative estimate of drug-likeness (QED) is 0.137. The molecule has 3 aliphatic rings. The Bertz CT molecular complexity index is 1850. The molecular formula is C38H38FNO7. The van der Waals surface area contributed by atoms with E-state index in [0.29, 0.717) is 78.0 Å². The van der Waals surface area contributed by atoms with Crippen LogP contribution in [0.25, 0.3) is 16.8 Å². The number of halogens is 1. The lowest BCUT2D eigenvalue weighted by Crippen LogP contribution is -2.38. The smallest absolute Gasteiger partial charge is 0.345 e. The highest BCUT2D eigenvalue weighted by molar-refractivity contribution is 6.09. The Morgan fingerprint density at radius 2 is 1.68 bits per heavy atom. The van der Waals surface area contributed by atoms with E-state index in [4.69, 9.17) is 28.4 Å². The first-order valence-electron chi connectivity index (χ1n) is 16.2. The number of unbranched alkanes of at least 4 members (excludes halogenated alkanes) is 2. The van der Waals surface area contributed by atoms with E-state index in [1.54, 1.807) is 44.6 Å². The van der Waals surface area contributed by atoms with Gasteiger partial charge in [0.05, 0.1) is 27.4 Å². The number of rotatable bonds is 9. The van der Waals surface area contributed by atoms with E-state index in [1.165, 1.54) is 0 Å². The number of cyclic esters (lactones) is 1. The van der Waals surface area contributed by atoms with Crippen molar-refractivity contribution >= 4 is 28.5 Å². The molecule has 4 aromatic rings. The first-order valence-corrected chi connectivity index (χ1v) is 16.2. The molecule has 7 rings (SSSR count). The van der Waals surface area contributed by atoms with Gasteiger partial charge in [0, 0.05) is 52.7 Å². The van der Waals surface area contributed by atoms with Crippen LogP contribution in [0, 0.1) is 5.82 Å². The van der Waals surface area contributed by atoms with Crippen molar-refractivity contribution in [2.24, 2.45) is 0 Å². The van der Waals surface area contributed by atoms with Gasteiger partial charge in [-0.15, -0.1) is 0 Å². The van der Waals surface area contributed by atoms with Gasteiger partial charge >= 0.3 is 5.97 Å². The molecule has 0 spiro atoms. The van der Waals surface area contributed by atoms with Crippen LogP contribution < -0.4 is 23.8 Å². The molecule has 3 heterocycles. The first-order chi connectivity index (χ1) is 23.0. The number of carbonyl (C=O) groups excluding carboxylic acids is 1. The van der Waals surface area contributed by atoms with Gasteiger partial charge in [0.15, 0.2) is 17.1 Å². The van der Waals surface area contributed by atoms with Gasteiger partial charge in [0.2, 0.25) is 6.29 Å². The monoisotopic (exact) mass is 639 g/mol. The van der Waals surface area contributed by atoms with Crippen LogP contribution in [0.15, 0.2) is 66.7 Å². The van der Waals surface area contributed by atoms with Crippen molar-refractivity contribution in [2.75, 3.05) is 45.4 Å². The molecule has 9 heteroatoms. The van der Waals surface area contributed by atoms with E-state index in [9.17, 15) is 4.79 Å². The molecule has 2 unspecified atom stereocenters. The summed E-state index contributed by atoms with van der Waals surface area (Å²) < 4.78 is 52.4. The van der Waals surface area contributed by atoms with Crippen molar-refractivity contribution in [3.05, 3.63) is 94.8 Å². The molecule has 0 bridgehead atoms. The van der Waals surface area contributed by atoms with Crippen LogP contribution in [-0.2, 0) is 15.1 Å². The summed E-state index contributed by atoms with van der Waals surface area (Å²) in [6.07, 6.45) is 6.51. The second-order valence-electron chi connectivity index (χ2n) is 11.9. The third-order valence-electron chi connectivity index (χ3n) is 9.18. The molecule has 0 radical (unpaired) electrons. The highest BCUT2D eigenvalue weighted by atomic mass is 19.1. The van der Waals surface area contributed by atoms with E-state index in [2.05, 4.69) is 11.8 Å². The highest BCUT2D eigenvalue weighted by Gasteiger charge is 2.43. The fourth-order valence-electron chi connectivity index (χ4n) is 6.74. The predicted octanol–water partition coefficient (Wildman–Crippen LogP) is 7.64. The number of esters is 1. The number of hydrogen-bond donors (Lipinski definition) is 0. The molecular weight excluding hydrogens is 601 g/mol. The number of nitrogens with zero attached hydrogens (tertiary/aromatic N) is 1. The second kappa shape index (κ2) is 12.8. The molecule has 1 saturated heterocycles. The summed E-state index contributed by atoms with van der Waals surface area (Å²) in [5, 5.41) is 1.46. The standard InChI is InChI=1S/C38H38FNO7/c1-4-5-6-11-33-45-36-27-10-8-7-9-26(27)35-28(34(36)37(41)46-33)16-17-38(47-35,24-12-15-31(42-2)32(22-24)43-3)29-14-13-25(23-30(29)39)40-18-20-44-21-19-40/h7-10,12-17,22-23,33H,4-6,11,18-21H2,1-3H3. The van der Waals surface area contributed by atoms with Gasteiger partial charge < -0.3 is 33.3 Å². The molecule has 4 aromatic carbocycles. The Labute approximate surface area is 273 Å². The van der Waals surface area contributed by atoms with E-state index in [-0.39, 0.29) is 0 Å². The molecule has 8 nitrogen and oxygen atoms in total. The molecule has 47 heavy (non-hydrogen) atoms. The molecule has 0 N–H and O–H groups in total. The largest absolute Gasteiger partial charge is 0.493 e. The first kappa shape index (κ1) is 30.9. The molecule has 1 fully saturated rings. The predicted molar refractivity (Wildman–Crippen MR) is 177 cm³/mol. The minimum atomic E-state index is -1.43. The summed E-state index contributed by atoms with van der Waals surface area (Å²) >= 11 is 0. The normalized spacial score (nSPS) is 20.1. The lowest BCUT2D eigenvalue weighted by atomic mass is 9.81. The van der Waals surface area contributed by atoms with Gasteiger partial charge in [-0.05, 0) is 48.9 Å². The lowest BCUT2D eigenvalue weighted by Gasteiger charge is -2.39. The lowest BCUT2D eigenvalue weighted by molar-refractivity contribution is -0.0639. The van der Waals surface area contributed by atoms with E-state index in [0.717, 1.165) is 35.7 Å². The Kier molecular flexibility index (Phi) is 8.40. The van der Waals surface area contributed by atoms with Crippen LogP contribution in [-0.4, -0.2) is 52.8 Å². The molecule has 0 aromatic heterocycles. The summed E-state index contributed by atoms with van der Waals surface area (Å²) in [6.45, 7) is 4.66. The van der Waals surface area contributed by atoms with Crippen molar-refractivity contribution in [3.8, 4) is 23.0 Å². The van der Waals surface area contributed by atoms with Crippen molar-refractivity contribution < 1.29 is 37.6 Å². The number of morpholine rings is 1. The van der Waals surface area contributed by atoms with Gasteiger partial charge in [-0.3, -0.25) is 0 Å². The number of hydrogen-bond acceptors (Lipinski definition) is 8. The van der Waals surface area contributed by atoms with Crippen LogP contribution in [0.4, 0.5) is 10.1 Å². The summed E-state index contributed by atoms with van der Waals surface area (Å²) in [4.78, 5) is 15.8. The molecule has 3 aliphatic heterocycles. The summed E-state index contributed by atoms with van der Waals surface area (Å²) in [5.41, 5.74) is 1.08. The zero-order chi connectivity index (χ0) is 32.5. The number of methoxy groups -OCH3 is 2. The van der Waals surface area contributed by atoms with Crippen LogP contribution in [0.2, 0.25) is 0 Å². The fourth-order valence-corrected chi connectivity index (χ4v) is 6.74. The van der Waals surface area contributed by atoms with Crippen molar-refractivity contribution in [1.29, 1.82) is 0 Å². The molecule has 0 saturated carbocycles. The van der Waals surface area contributed by atoms with Crippen molar-refractivity contribution in [3.63, 3.8) is 0 Å². The summed E-state index contributed by atoms with van der Waals surface area (Å²) in [5.74, 6) is 1.00. The number of fused-ring (bicyclic) bond motifs is 6. The third kappa shape index (κ3) is 5.42. The summed E-state index contributed by atoms with van der Waals surface area (Å²) in [6, 6.07) is 18.3. The fraction of sp³-hybridized carbons (Fsp3) is 0.342. The van der Waals surface area contributed by atoms with Crippen LogP contribution in [0.3, 0.4) is 0 Å². The van der Waals surface area contributed by atoms with Gasteiger partial charge in [0.1, 0.15) is 22.9 Å². The minimum absolute atomic E-state index is 0.297. The van der Waals surface area contributed by atoms with Crippen molar-refractivity contribution in [2.45, 2.75) is 44.5 Å². The Morgan fingerprint density at radius 3 is 2.40 bits per heavy atom. The van der Waals surface area contributed by atoms with Gasteiger partial charge in [-0.2, -0.15) is 0 Å². The van der Waals surface area contributed by atoms with Crippen LogP contribution >= 0.6 is 0 Å². The average molecular weight is 640 g/mol. The van der Waals surface area contributed by atoms with Gasteiger partial charge in [0.25, 0.3) is 0 Å². The Balaban J connectivity index is 1.40. The van der Waals surface area contributed by atoms with E-state index < -0.39 is 23.7 Å². The van der Waals surface area contributed by atoms with Crippen LogP contribution in [0.1, 0.15) is 59.7 Å². The summed E-state index contributed by atoms with van der Waals surface area (Å²) in [7, 11) is 3.12. The molecule has 0 amide bonds. The minimum Gasteiger partial charge on any atom is -0.493 e. The maximum atomic E-state index is 16.5. The second-order valence-corrected chi connectivity index (χ2v) is 11.9. The Hall–Kier alpha value is -4.76. The number of anilines is 1. The number of carbonyl (C=O) groups is 1. The van der Waals surface area contributed by atoms with Gasteiger partial charge in [-0.1, -0.05) is 50.1 Å². The Morgan fingerprint density at radius 1 is 0.915 bits per heavy atom.